The summed E-state index contributed by atoms with van der Waals surface area (Å²) in [5, 5.41) is 3.19. The number of halogens is 2. The zero-order valence-electron chi connectivity index (χ0n) is 18.5. The van der Waals surface area contributed by atoms with Gasteiger partial charge in [-0.05, 0) is 81.4 Å². The van der Waals surface area contributed by atoms with E-state index in [-0.39, 0.29) is 5.56 Å². The zero-order chi connectivity index (χ0) is 22.1. The first-order valence-electron chi connectivity index (χ1n) is 11.7. The Balaban J connectivity index is 1.39. The molecule has 1 N–H and O–H groups in total. The highest BCUT2D eigenvalue weighted by Gasteiger charge is 2.31. The first-order chi connectivity index (χ1) is 15.6. The number of hydrogen-bond donors (Lipinski definition) is 1. The molecular weight excluding hydrogens is 412 g/mol. The monoisotopic (exact) mass is 443 g/mol. The van der Waals surface area contributed by atoms with Gasteiger partial charge in [0.25, 0.3) is 6.43 Å². The smallest absolute Gasteiger partial charge is 0.264 e. The minimum Gasteiger partial charge on any atom is -0.378 e. The third-order valence-electron chi connectivity index (χ3n) is 7.11. The highest BCUT2D eigenvalue weighted by molar-refractivity contribution is 5.58. The lowest BCUT2D eigenvalue weighted by Gasteiger charge is -2.41. The summed E-state index contributed by atoms with van der Waals surface area (Å²) in [5.74, 6) is 2.50. The van der Waals surface area contributed by atoms with Crippen LogP contribution in [0.5, 0.6) is 0 Å². The molecule has 3 aliphatic rings. The lowest BCUT2D eigenvalue weighted by atomic mass is 9.89. The summed E-state index contributed by atoms with van der Waals surface area (Å²) in [5.41, 5.74) is 1.23. The van der Waals surface area contributed by atoms with Gasteiger partial charge in [-0.25, -0.2) is 18.7 Å². The molecule has 0 saturated carbocycles. The van der Waals surface area contributed by atoms with E-state index in [0.29, 0.717) is 29.6 Å². The predicted molar refractivity (Wildman–Crippen MR) is 121 cm³/mol. The van der Waals surface area contributed by atoms with Gasteiger partial charge in [-0.1, -0.05) is 0 Å². The number of piperidine rings is 1. The molecule has 6 nitrogen and oxygen atoms in total. The zero-order valence-corrected chi connectivity index (χ0v) is 18.5. The Bertz CT molecular complexity index is 930. The summed E-state index contributed by atoms with van der Waals surface area (Å²) >= 11 is 0. The maximum Gasteiger partial charge on any atom is 0.264 e. The predicted octanol–water partition coefficient (Wildman–Crippen LogP) is 4.72. The van der Waals surface area contributed by atoms with E-state index in [1.807, 2.05) is 0 Å². The average Bonchev–Trinajstić information content (AvgIpc) is 3.19. The van der Waals surface area contributed by atoms with Crippen LogP contribution < -0.4 is 10.2 Å². The van der Waals surface area contributed by atoms with Gasteiger partial charge in [0.05, 0.1) is 19.3 Å². The number of rotatable bonds is 6. The molecule has 8 heteroatoms. The number of hydrogen-bond acceptors (Lipinski definition) is 6. The van der Waals surface area contributed by atoms with Gasteiger partial charge in [0, 0.05) is 24.3 Å². The fourth-order valence-electron chi connectivity index (χ4n) is 5.07. The number of nitrogens with one attached hydrogen (secondary N) is 1. The molecule has 0 amide bonds. The summed E-state index contributed by atoms with van der Waals surface area (Å²) in [4.78, 5) is 14.0. The summed E-state index contributed by atoms with van der Waals surface area (Å²) < 4.78 is 31.6. The third kappa shape index (κ3) is 4.57. The summed E-state index contributed by atoms with van der Waals surface area (Å²) in [6.45, 7) is 7.11. The second-order valence-corrected chi connectivity index (χ2v) is 9.23. The molecule has 0 aromatic carbocycles. The van der Waals surface area contributed by atoms with E-state index in [9.17, 15) is 8.78 Å². The summed E-state index contributed by atoms with van der Waals surface area (Å²) in [7, 11) is 0. The molecule has 3 saturated heterocycles. The van der Waals surface area contributed by atoms with Crippen LogP contribution in [0.3, 0.4) is 0 Å². The van der Waals surface area contributed by atoms with E-state index in [1.54, 1.807) is 0 Å². The fourth-order valence-corrected chi connectivity index (χ4v) is 5.07. The first-order valence-corrected chi connectivity index (χ1v) is 11.7. The lowest BCUT2D eigenvalue weighted by Crippen LogP contribution is -2.51. The van der Waals surface area contributed by atoms with Gasteiger partial charge >= 0.3 is 0 Å². The Morgan fingerprint density at radius 2 is 1.88 bits per heavy atom. The molecule has 5 heterocycles. The Hall–Kier alpha value is -2.32. The standard InChI is InChI=1S/C24H31F2N5O/c1-16-3-2-8-31(16)23-13-19(17-5-9-30(10-6-17)20-14-32-15-20)12-22(29-23)28-21-11-18(24(25)26)4-7-27-21/h4,7,11-13,16-17,20,24H,2-3,5-6,8-10,14-15H2,1H3,(H,27,28,29)/t16-/m1/s1. The lowest BCUT2D eigenvalue weighted by molar-refractivity contribution is -0.0712. The Morgan fingerprint density at radius 3 is 2.53 bits per heavy atom. The van der Waals surface area contributed by atoms with Crippen molar-refractivity contribution in [2.24, 2.45) is 0 Å². The van der Waals surface area contributed by atoms with Crippen LogP contribution in [0.15, 0.2) is 30.5 Å². The van der Waals surface area contributed by atoms with Crippen LogP contribution in [0.25, 0.3) is 0 Å². The van der Waals surface area contributed by atoms with E-state index in [0.717, 1.165) is 64.3 Å². The van der Waals surface area contributed by atoms with Crippen molar-refractivity contribution in [3.05, 3.63) is 41.6 Å². The molecule has 1 atom stereocenters. The summed E-state index contributed by atoms with van der Waals surface area (Å²) in [6, 6.07) is 8.09. The number of ether oxygens (including phenoxy) is 1. The van der Waals surface area contributed by atoms with Crippen LogP contribution in [0.4, 0.5) is 26.2 Å². The van der Waals surface area contributed by atoms with Crippen LogP contribution in [0.1, 0.15) is 56.1 Å². The van der Waals surface area contributed by atoms with Crippen molar-refractivity contribution in [2.45, 2.75) is 57.0 Å². The molecule has 0 radical (unpaired) electrons. The highest BCUT2D eigenvalue weighted by atomic mass is 19.3. The van der Waals surface area contributed by atoms with Gasteiger partial charge in [-0.15, -0.1) is 0 Å². The van der Waals surface area contributed by atoms with Gasteiger partial charge in [0.1, 0.15) is 17.5 Å². The van der Waals surface area contributed by atoms with Crippen LogP contribution in [0.2, 0.25) is 0 Å². The van der Waals surface area contributed by atoms with Gasteiger partial charge in [0.2, 0.25) is 0 Å². The number of nitrogens with zero attached hydrogens (tertiary/aromatic N) is 4. The van der Waals surface area contributed by atoms with E-state index in [4.69, 9.17) is 9.72 Å². The molecule has 3 aliphatic heterocycles. The minimum absolute atomic E-state index is 0.0422. The molecule has 0 bridgehead atoms. The maximum atomic E-state index is 13.1. The quantitative estimate of drug-likeness (QED) is 0.697. The van der Waals surface area contributed by atoms with Gasteiger partial charge in [-0.2, -0.15) is 0 Å². The summed E-state index contributed by atoms with van der Waals surface area (Å²) in [6.07, 6.45) is 3.42. The Labute approximate surface area is 188 Å². The fraction of sp³-hybridized carbons (Fsp3) is 0.583. The van der Waals surface area contributed by atoms with Crippen LogP contribution in [-0.2, 0) is 4.74 Å². The largest absolute Gasteiger partial charge is 0.378 e. The number of likely N-dealkylation sites (tertiary alicyclic amines) is 1. The van der Waals surface area contributed by atoms with Gasteiger partial charge < -0.3 is 15.0 Å². The molecule has 0 spiro atoms. The van der Waals surface area contributed by atoms with Crippen molar-refractivity contribution >= 4 is 17.5 Å². The van der Waals surface area contributed by atoms with Gasteiger partial charge in [0.15, 0.2) is 0 Å². The highest BCUT2D eigenvalue weighted by Crippen LogP contribution is 2.35. The molecule has 3 fully saturated rings. The molecule has 2 aromatic heterocycles. The van der Waals surface area contributed by atoms with Crippen molar-refractivity contribution in [2.75, 3.05) is 43.1 Å². The normalized spacial score (nSPS) is 23.0. The average molecular weight is 444 g/mol. The third-order valence-corrected chi connectivity index (χ3v) is 7.11. The van der Waals surface area contributed by atoms with Crippen molar-refractivity contribution < 1.29 is 13.5 Å². The number of alkyl halides is 2. The topological polar surface area (TPSA) is 53.5 Å². The molecule has 5 rings (SSSR count). The number of anilines is 3. The molecule has 32 heavy (non-hydrogen) atoms. The van der Waals surface area contributed by atoms with Crippen LogP contribution >= 0.6 is 0 Å². The molecular formula is C24H31F2N5O. The van der Waals surface area contributed by atoms with E-state index in [1.165, 1.54) is 23.9 Å². The van der Waals surface area contributed by atoms with Crippen molar-refractivity contribution in [3.63, 3.8) is 0 Å². The van der Waals surface area contributed by atoms with Crippen LogP contribution in [0, 0.1) is 0 Å². The van der Waals surface area contributed by atoms with Gasteiger partial charge in [-0.3, -0.25) is 4.90 Å². The SMILES string of the molecule is C[C@@H]1CCCN1c1cc(C2CCN(C3COC3)CC2)cc(Nc2cc(C(F)F)ccn2)n1. The van der Waals surface area contributed by atoms with Crippen molar-refractivity contribution in [1.82, 2.24) is 14.9 Å². The number of pyridine rings is 2. The second-order valence-electron chi connectivity index (χ2n) is 9.23. The van der Waals surface area contributed by atoms with E-state index < -0.39 is 6.43 Å². The second kappa shape index (κ2) is 9.27. The van der Waals surface area contributed by atoms with Crippen molar-refractivity contribution in [1.29, 1.82) is 0 Å². The van der Waals surface area contributed by atoms with Crippen molar-refractivity contribution in [3.8, 4) is 0 Å². The maximum absolute atomic E-state index is 13.1. The molecule has 2 aromatic rings. The number of aromatic nitrogens is 2. The Morgan fingerprint density at radius 1 is 1.06 bits per heavy atom. The molecule has 0 unspecified atom stereocenters. The van der Waals surface area contributed by atoms with E-state index >= 15 is 0 Å². The first kappa shape index (κ1) is 21.5. The van der Waals surface area contributed by atoms with E-state index in [2.05, 4.69) is 39.2 Å². The molecule has 0 aliphatic carbocycles. The van der Waals surface area contributed by atoms with Crippen LogP contribution in [-0.4, -0.2) is 59.8 Å². The molecule has 172 valence electrons. The minimum atomic E-state index is -2.52. The Kier molecular flexibility index (Phi) is 6.24.